The Morgan fingerprint density at radius 3 is 2.90 bits per heavy atom. The molecule has 4 rings (SSSR count). The molecule has 5 N–H and O–H groups in total. The van der Waals surface area contributed by atoms with Crippen molar-refractivity contribution in [2.75, 3.05) is 17.2 Å². The van der Waals surface area contributed by atoms with E-state index in [4.69, 9.17) is 5.73 Å². The summed E-state index contributed by atoms with van der Waals surface area (Å²) in [5.74, 6) is -1.08. The molecule has 1 unspecified atom stereocenters. The van der Waals surface area contributed by atoms with Gasteiger partial charge in [0, 0.05) is 17.2 Å². The minimum atomic E-state index is -1.16. The van der Waals surface area contributed by atoms with E-state index in [2.05, 4.69) is 20.7 Å². The molecule has 2 aliphatic heterocycles. The van der Waals surface area contributed by atoms with Gasteiger partial charge in [-0.05, 0) is 17.2 Å². The number of aromatic nitrogens is 3. The third kappa shape index (κ3) is 3.87. The molecule has 0 spiro atoms. The second-order valence-electron chi connectivity index (χ2n) is 6.70. The maximum atomic E-state index is 12.7. The van der Waals surface area contributed by atoms with E-state index in [9.17, 15) is 19.5 Å². The predicted molar refractivity (Wildman–Crippen MR) is 111 cm³/mol. The zero-order chi connectivity index (χ0) is 21.3. The van der Waals surface area contributed by atoms with Crippen LogP contribution in [0.1, 0.15) is 5.56 Å². The molecular weight excluding hydrogens is 428 g/mol. The predicted octanol–water partition coefficient (Wildman–Crippen LogP) is 0.460. The van der Waals surface area contributed by atoms with Crippen LogP contribution in [0.2, 0.25) is 0 Å². The topological polar surface area (TPSA) is 154 Å². The van der Waals surface area contributed by atoms with Gasteiger partial charge in [-0.3, -0.25) is 19.6 Å². The molecule has 12 heteroatoms. The van der Waals surface area contributed by atoms with Crippen LogP contribution in [0.3, 0.4) is 0 Å². The first kappa shape index (κ1) is 20.3. The number of hydrogen-bond donors (Lipinski definition) is 4. The van der Waals surface area contributed by atoms with Crippen molar-refractivity contribution in [1.29, 1.82) is 0 Å². The van der Waals surface area contributed by atoms with Crippen molar-refractivity contribution in [3.63, 3.8) is 0 Å². The van der Waals surface area contributed by atoms with E-state index in [1.54, 1.807) is 30.5 Å². The van der Waals surface area contributed by atoms with Crippen LogP contribution in [-0.4, -0.2) is 66.1 Å². The maximum absolute atomic E-state index is 12.7. The number of carbonyl (C=O) groups is 3. The average molecular weight is 447 g/mol. The molecule has 156 valence electrons. The maximum Gasteiger partial charge on any atom is 0.352 e. The summed E-state index contributed by atoms with van der Waals surface area (Å²) in [5.41, 5.74) is 7.67. The SMILES string of the molecule is Nc1ccccc1CC(=O)NC1C(=O)N2C(C(=O)O)=C(CSc3cnn[nH]3)CS[C@@H]12. The standard InChI is InChI=1S/C18H18N6O4S2/c19-11-4-2-1-3-9(11)5-12(25)21-14-16(26)24-15(18(27)28)10(8-30-17(14)24)7-29-13-6-20-23-22-13/h1-4,6,14,17H,5,7-8,19H2,(H,21,25)(H,27,28)(H,20,22,23)/t14?,17-/m0/s1. The lowest BCUT2D eigenvalue weighted by Gasteiger charge is -2.49. The highest BCUT2D eigenvalue weighted by Crippen LogP contribution is 2.41. The van der Waals surface area contributed by atoms with Gasteiger partial charge >= 0.3 is 5.97 Å². The normalized spacial score (nSPS) is 20.5. The molecule has 1 fully saturated rings. The summed E-state index contributed by atoms with van der Waals surface area (Å²) in [6, 6.07) is 6.27. The number of carbonyl (C=O) groups excluding carboxylic acids is 2. The minimum absolute atomic E-state index is 0.0125. The number of nitrogens with one attached hydrogen (secondary N) is 2. The molecule has 2 aliphatic rings. The molecule has 2 aromatic rings. The highest BCUT2D eigenvalue weighted by Gasteiger charge is 2.54. The van der Waals surface area contributed by atoms with Crippen LogP contribution in [0.25, 0.3) is 0 Å². The van der Waals surface area contributed by atoms with Crippen LogP contribution in [0, 0.1) is 0 Å². The zero-order valence-corrected chi connectivity index (χ0v) is 17.2. The summed E-state index contributed by atoms with van der Waals surface area (Å²) >= 11 is 2.80. The molecule has 3 heterocycles. The summed E-state index contributed by atoms with van der Waals surface area (Å²) in [7, 11) is 0. The number of nitrogen functional groups attached to an aromatic ring is 1. The number of nitrogens with two attached hydrogens (primary N) is 1. The number of β-lactam (4-membered cyclic amide) rings is 1. The molecule has 0 bridgehead atoms. The van der Waals surface area contributed by atoms with Crippen molar-refractivity contribution in [2.45, 2.75) is 22.9 Å². The van der Waals surface area contributed by atoms with Crippen molar-refractivity contribution in [3.05, 3.63) is 47.3 Å². The number of fused-ring (bicyclic) bond motifs is 1. The van der Waals surface area contributed by atoms with E-state index >= 15 is 0 Å². The molecule has 1 aromatic heterocycles. The molecular formula is C18H18N6O4S2. The molecule has 30 heavy (non-hydrogen) atoms. The number of para-hydroxylation sites is 1. The lowest BCUT2D eigenvalue weighted by Crippen LogP contribution is -2.70. The number of amides is 2. The zero-order valence-electron chi connectivity index (χ0n) is 15.6. The Balaban J connectivity index is 1.44. The fourth-order valence-electron chi connectivity index (χ4n) is 3.31. The Bertz CT molecular complexity index is 1030. The number of carboxylic acid groups (broad SMARTS) is 1. The quantitative estimate of drug-likeness (QED) is 0.270. The molecule has 0 saturated carbocycles. The Kier molecular flexibility index (Phi) is 5.68. The van der Waals surface area contributed by atoms with E-state index in [1.165, 1.54) is 28.4 Å². The van der Waals surface area contributed by atoms with Gasteiger partial charge in [-0.2, -0.15) is 0 Å². The van der Waals surface area contributed by atoms with Crippen LogP contribution in [0.4, 0.5) is 5.69 Å². The van der Waals surface area contributed by atoms with Crippen molar-refractivity contribution in [3.8, 4) is 0 Å². The van der Waals surface area contributed by atoms with Gasteiger partial charge < -0.3 is 16.2 Å². The van der Waals surface area contributed by atoms with Gasteiger partial charge in [0.1, 0.15) is 22.1 Å². The lowest BCUT2D eigenvalue weighted by molar-refractivity contribution is -0.150. The highest BCUT2D eigenvalue weighted by molar-refractivity contribution is 8.01. The van der Waals surface area contributed by atoms with Crippen molar-refractivity contribution < 1.29 is 19.5 Å². The smallest absolute Gasteiger partial charge is 0.352 e. The lowest BCUT2D eigenvalue weighted by atomic mass is 10.0. The number of thioether (sulfide) groups is 2. The van der Waals surface area contributed by atoms with E-state index in [1.807, 2.05) is 0 Å². The highest BCUT2D eigenvalue weighted by atomic mass is 32.2. The number of aliphatic carboxylic acids is 1. The summed E-state index contributed by atoms with van der Waals surface area (Å²) in [4.78, 5) is 38.2. The molecule has 0 aliphatic carbocycles. The van der Waals surface area contributed by atoms with Gasteiger partial charge in [-0.1, -0.05) is 23.4 Å². The number of hydrogen-bond acceptors (Lipinski definition) is 8. The third-order valence-electron chi connectivity index (χ3n) is 4.77. The van der Waals surface area contributed by atoms with Gasteiger partial charge in [-0.25, -0.2) is 4.79 Å². The monoisotopic (exact) mass is 446 g/mol. The van der Waals surface area contributed by atoms with Crippen molar-refractivity contribution in [2.24, 2.45) is 0 Å². The van der Waals surface area contributed by atoms with Gasteiger partial charge in [0.2, 0.25) is 5.91 Å². The first-order chi connectivity index (χ1) is 14.5. The molecule has 0 radical (unpaired) electrons. The Morgan fingerprint density at radius 1 is 1.40 bits per heavy atom. The summed E-state index contributed by atoms with van der Waals surface area (Å²) in [6.45, 7) is 0. The Morgan fingerprint density at radius 2 is 2.20 bits per heavy atom. The first-order valence-corrected chi connectivity index (χ1v) is 11.0. The van der Waals surface area contributed by atoms with Crippen LogP contribution in [0.15, 0.2) is 46.8 Å². The van der Waals surface area contributed by atoms with Crippen molar-refractivity contribution in [1.82, 2.24) is 25.6 Å². The van der Waals surface area contributed by atoms with Crippen LogP contribution >= 0.6 is 23.5 Å². The van der Waals surface area contributed by atoms with Crippen LogP contribution in [-0.2, 0) is 20.8 Å². The first-order valence-electron chi connectivity index (χ1n) is 8.97. The summed E-state index contributed by atoms with van der Waals surface area (Å²) < 4.78 is 0. The van der Waals surface area contributed by atoms with E-state index in [-0.39, 0.29) is 18.0 Å². The number of benzene rings is 1. The van der Waals surface area contributed by atoms with Crippen LogP contribution in [0.5, 0.6) is 0 Å². The fraction of sp³-hybridized carbons (Fsp3) is 0.278. The van der Waals surface area contributed by atoms with E-state index < -0.39 is 23.3 Å². The number of nitrogens with zero attached hydrogens (tertiary/aromatic N) is 3. The molecule has 1 saturated heterocycles. The number of aromatic amines is 1. The van der Waals surface area contributed by atoms with E-state index in [0.717, 1.165) is 0 Å². The fourth-order valence-corrected chi connectivity index (χ4v) is 5.58. The second-order valence-corrected chi connectivity index (χ2v) is 8.82. The van der Waals surface area contributed by atoms with Gasteiger partial charge in [0.25, 0.3) is 5.91 Å². The molecule has 2 atom stereocenters. The van der Waals surface area contributed by atoms with Gasteiger partial charge in [0.15, 0.2) is 0 Å². The number of H-pyrrole nitrogens is 1. The summed E-state index contributed by atoms with van der Waals surface area (Å²) in [6.07, 6.45) is 1.60. The average Bonchev–Trinajstić information content (AvgIpc) is 3.25. The third-order valence-corrected chi connectivity index (χ3v) is 7.11. The van der Waals surface area contributed by atoms with Crippen molar-refractivity contribution >= 4 is 47.0 Å². The second kappa shape index (κ2) is 8.40. The van der Waals surface area contributed by atoms with Crippen LogP contribution < -0.4 is 11.1 Å². The van der Waals surface area contributed by atoms with Gasteiger partial charge in [-0.15, -0.1) is 28.6 Å². The van der Waals surface area contributed by atoms with Gasteiger partial charge in [0.05, 0.1) is 12.6 Å². The summed E-state index contributed by atoms with van der Waals surface area (Å²) in [5, 5.41) is 22.7. The molecule has 2 amide bonds. The Labute approximate surface area is 179 Å². The number of anilines is 1. The number of rotatable bonds is 7. The molecule has 10 nitrogen and oxygen atoms in total. The minimum Gasteiger partial charge on any atom is -0.477 e. The Hall–Kier alpha value is -2.99. The number of carboxylic acids is 1. The molecule has 1 aromatic carbocycles. The van der Waals surface area contributed by atoms with E-state index in [0.29, 0.717) is 33.4 Å². The largest absolute Gasteiger partial charge is 0.477 e.